The van der Waals surface area contributed by atoms with E-state index in [1.165, 1.54) is 6.20 Å². The first kappa shape index (κ1) is 12.4. The van der Waals surface area contributed by atoms with Gasteiger partial charge < -0.3 is 5.73 Å². The van der Waals surface area contributed by atoms with Crippen LogP contribution in [0.3, 0.4) is 0 Å². The van der Waals surface area contributed by atoms with Crippen LogP contribution in [0.4, 0.5) is 5.82 Å². The molecule has 1 heterocycles. The van der Waals surface area contributed by atoms with Gasteiger partial charge in [-0.1, -0.05) is 13.8 Å². The van der Waals surface area contributed by atoms with Gasteiger partial charge in [0.1, 0.15) is 10.7 Å². The van der Waals surface area contributed by atoms with Gasteiger partial charge in [0, 0.05) is 6.04 Å². The van der Waals surface area contributed by atoms with E-state index in [1.807, 2.05) is 0 Å². The zero-order valence-corrected chi connectivity index (χ0v) is 10.8. The van der Waals surface area contributed by atoms with Crippen LogP contribution >= 0.6 is 0 Å². The van der Waals surface area contributed by atoms with Crippen LogP contribution in [0.25, 0.3) is 0 Å². The highest BCUT2D eigenvalue weighted by Gasteiger charge is 2.33. The third-order valence-corrected chi connectivity index (χ3v) is 5.21. The molecular formula is C10H18N4O2S. The molecule has 2 rings (SSSR count). The largest absolute Gasteiger partial charge is 0.383 e. The molecule has 0 spiro atoms. The van der Waals surface area contributed by atoms with E-state index < -0.39 is 10.0 Å². The fourth-order valence-electron chi connectivity index (χ4n) is 2.29. The molecule has 0 aliphatic heterocycles. The molecule has 3 unspecified atom stereocenters. The molecule has 1 saturated carbocycles. The minimum absolute atomic E-state index is 0.00991. The highest BCUT2D eigenvalue weighted by Crippen LogP contribution is 2.32. The monoisotopic (exact) mass is 258 g/mol. The molecule has 96 valence electrons. The highest BCUT2D eigenvalue weighted by atomic mass is 32.2. The molecule has 0 radical (unpaired) electrons. The summed E-state index contributed by atoms with van der Waals surface area (Å²) in [7, 11) is -3.56. The first-order valence-corrected chi connectivity index (χ1v) is 7.21. The van der Waals surface area contributed by atoms with Gasteiger partial charge >= 0.3 is 0 Å². The molecule has 0 amide bonds. The van der Waals surface area contributed by atoms with Crippen LogP contribution in [0.15, 0.2) is 11.1 Å². The van der Waals surface area contributed by atoms with Crippen molar-refractivity contribution in [2.75, 3.05) is 5.73 Å². The summed E-state index contributed by atoms with van der Waals surface area (Å²) in [4.78, 5) is 0.0317. The number of hydrogen-bond donors (Lipinski definition) is 3. The Morgan fingerprint density at radius 2 is 2.18 bits per heavy atom. The summed E-state index contributed by atoms with van der Waals surface area (Å²) in [6.07, 6.45) is 3.16. The average Bonchev–Trinajstić information content (AvgIpc) is 2.80. The lowest BCUT2D eigenvalue weighted by atomic mass is 9.98. The van der Waals surface area contributed by atoms with Crippen LogP contribution in [-0.2, 0) is 10.0 Å². The number of rotatable bonds is 3. The summed E-state index contributed by atoms with van der Waals surface area (Å²) in [5.41, 5.74) is 5.53. The SMILES string of the molecule is CC1CCC(NS(=O)(=O)c2cn[nH]c2N)C1C. The number of H-pyrrole nitrogens is 1. The number of nitrogens with one attached hydrogen (secondary N) is 2. The summed E-state index contributed by atoms with van der Waals surface area (Å²) < 4.78 is 26.9. The fraction of sp³-hybridized carbons (Fsp3) is 0.700. The molecule has 1 aromatic rings. The Balaban J connectivity index is 2.17. The van der Waals surface area contributed by atoms with Gasteiger partial charge in [-0.15, -0.1) is 0 Å². The molecule has 4 N–H and O–H groups in total. The number of anilines is 1. The zero-order valence-electron chi connectivity index (χ0n) is 9.97. The summed E-state index contributed by atoms with van der Waals surface area (Å²) >= 11 is 0. The molecule has 1 aromatic heterocycles. The predicted octanol–water partition coefficient (Wildman–Crippen LogP) is 0.705. The van der Waals surface area contributed by atoms with Crippen LogP contribution in [0.5, 0.6) is 0 Å². The zero-order chi connectivity index (χ0) is 12.6. The van der Waals surface area contributed by atoms with Crippen molar-refractivity contribution in [2.45, 2.75) is 37.6 Å². The smallest absolute Gasteiger partial charge is 0.246 e. The molecule has 6 nitrogen and oxygen atoms in total. The third-order valence-electron chi connectivity index (χ3n) is 3.69. The van der Waals surface area contributed by atoms with Gasteiger partial charge in [-0.25, -0.2) is 13.1 Å². The lowest BCUT2D eigenvalue weighted by Crippen LogP contribution is -2.37. The molecule has 0 saturated heterocycles. The highest BCUT2D eigenvalue weighted by molar-refractivity contribution is 7.89. The maximum atomic E-state index is 12.1. The van der Waals surface area contributed by atoms with Crippen molar-refractivity contribution in [3.8, 4) is 0 Å². The van der Waals surface area contributed by atoms with Gasteiger partial charge in [0.25, 0.3) is 0 Å². The number of nitrogens with zero attached hydrogens (tertiary/aromatic N) is 1. The Morgan fingerprint density at radius 3 is 2.65 bits per heavy atom. The predicted molar refractivity (Wildman–Crippen MR) is 64.7 cm³/mol. The first-order chi connectivity index (χ1) is 7.92. The second-order valence-corrected chi connectivity index (χ2v) is 6.47. The van der Waals surface area contributed by atoms with E-state index in [4.69, 9.17) is 5.73 Å². The number of nitrogen functional groups attached to an aromatic ring is 1. The van der Waals surface area contributed by atoms with E-state index in [0.29, 0.717) is 11.8 Å². The van der Waals surface area contributed by atoms with E-state index in [0.717, 1.165) is 12.8 Å². The average molecular weight is 258 g/mol. The van der Waals surface area contributed by atoms with E-state index in [2.05, 4.69) is 28.8 Å². The topological polar surface area (TPSA) is 101 Å². The summed E-state index contributed by atoms with van der Waals surface area (Å²) in [6, 6.07) is -0.00991. The number of sulfonamides is 1. The number of nitrogens with two attached hydrogens (primary N) is 1. The van der Waals surface area contributed by atoms with Gasteiger partial charge in [0.05, 0.1) is 6.20 Å². The Bertz CT molecular complexity index is 496. The molecule has 17 heavy (non-hydrogen) atoms. The van der Waals surface area contributed by atoms with Crippen molar-refractivity contribution in [3.63, 3.8) is 0 Å². The van der Waals surface area contributed by atoms with E-state index in [9.17, 15) is 8.42 Å². The molecule has 0 aromatic carbocycles. The van der Waals surface area contributed by atoms with Crippen molar-refractivity contribution >= 4 is 15.8 Å². The number of hydrogen-bond acceptors (Lipinski definition) is 4. The minimum atomic E-state index is -3.56. The lowest BCUT2D eigenvalue weighted by molar-refractivity contribution is 0.402. The standard InChI is InChI=1S/C10H18N4O2S/c1-6-3-4-8(7(6)2)14-17(15,16)9-5-12-13-10(9)11/h5-8,14H,3-4H2,1-2H3,(H3,11,12,13). The molecule has 1 aliphatic carbocycles. The maximum absolute atomic E-state index is 12.1. The summed E-state index contributed by atoms with van der Waals surface area (Å²) in [5.74, 6) is 0.971. The lowest BCUT2D eigenvalue weighted by Gasteiger charge is -2.19. The normalized spacial score (nSPS) is 29.6. The van der Waals surface area contributed by atoms with Gasteiger partial charge in [-0.3, -0.25) is 5.10 Å². The van der Waals surface area contributed by atoms with Gasteiger partial charge in [-0.05, 0) is 24.7 Å². The molecule has 1 fully saturated rings. The Morgan fingerprint density at radius 1 is 1.47 bits per heavy atom. The van der Waals surface area contributed by atoms with E-state index >= 15 is 0 Å². The third kappa shape index (κ3) is 2.30. The van der Waals surface area contributed by atoms with Crippen molar-refractivity contribution in [3.05, 3.63) is 6.20 Å². The Labute approximate surface area is 101 Å². The van der Waals surface area contributed by atoms with E-state index in [-0.39, 0.29) is 16.8 Å². The van der Waals surface area contributed by atoms with Crippen molar-refractivity contribution in [2.24, 2.45) is 11.8 Å². The van der Waals surface area contributed by atoms with Crippen LogP contribution in [0, 0.1) is 11.8 Å². The Hall–Kier alpha value is -1.08. The maximum Gasteiger partial charge on any atom is 0.246 e. The van der Waals surface area contributed by atoms with Gasteiger partial charge in [-0.2, -0.15) is 5.10 Å². The molecule has 7 heteroatoms. The fourth-order valence-corrected chi connectivity index (χ4v) is 3.68. The number of aromatic nitrogens is 2. The number of aromatic amines is 1. The Kier molecular flexibility index (Phi) is 3.13. The minimum Gasteiger partial charge on any atom is -0.383 e. The summed E-state index contributed by atoms with van der Waals surface area (Å²) in [5, 5.41) is 6.06. The second-order valence-electron chi connectivity index (χ2n) is 4.79. The molecular weight excluding hydrogens is 240 g/mol. The van der Waals surface area contributed by atoms with Gasteiger partial charge in [0.2, 0.25) is 10.0 Å². The van der Waals surface area contributed by atoms with Crippen molar-refractivity contribution in [1.29, 1.82) is 0 Å². The molecule has 0 bridgehead atoms. The van der Waals surface area contributed by atoms with E-state index in [1.54, 1.807) is 0 Å². The summed E-state index contributed by atoms with van der Waals surface area (Å²) in [6.45, 7) is 4.22. The van der Waals surface area contributed by atoms with Crippen molar-refractivity contribution in [1.82, 2.24) is 14.9 Å². The second kappa shape index (κ2) is 4.30. The molecule has 3 atom stereocenters. The van der Waals surface area contributed by atoms with Crippen LogP contribution in [0.2, 0.25) is 0 Å². The first-order valence-electron chi connectivity index (χ1n) is 5.73. The van der Waals surface area contributed by atoms with Crippen LogP contribution in [0.1, 0.15) is 26.7 Å². The van der Waals surface area contributed by atoms with Crippen LogP contribution < -0.4 is 10.5 Å². The van der Waals surface area contributed by atoms with Gasteiger partial charge in [0.15, 0.2) is 0 Å². The van der Waals surface area contributed by atoms with Crippen LogP contribution in [-0.4, -0.2) is 24.7 Å². The molecule has 1 aliphatic rings. The van der Waals surface area contributed by atoms with Crippen molar-refractivity contribution < 1.29 is 8.42 Å². The quantitative estimate of drug-likeness (QED) is 0.743.